The van der Waals surface area contributed by atoms with E-state index in [0.29, 0.717) is 17.3 Å². The van der Waals surface area contributed by atoms with Crippen molar-refractivity contribution in [2.24, 2.45) is 0 Å². The highest BCUT2D eigenvalue weighted by atomic mass is 16.4. The second-order valence-electron chi connectivity index (χ2n) is 6.91. The minimum Gasteiger partial charge on any atom is -0.414 e. The van der Waals surface area contributed by atoms with Crippen molar-refractivity contribution in [1.29, 1.82) is 0 Å². The van der Waals surface area contributed by atoms with E-state index in [1.54, 1.807) is 12.4 Å². The molecule has 1 aliphatic rings. The van der Waals surface area contributed by atoms with Crippen LogP contribution in [0, 0.1) is 0 Å². The highest BCUT2D eigenvalue weighted by Gasteiger charge is 2.18. The van der Waals surface area contributed by atoms with E-state index in [4.69, 9.17) is 10.2 Å². The maximum atomic E-state index is 6.07. The maximum absolute atomic E-state index is 6.07. The Kier molecular flexibility index (Phi) is 4.78. The van der Waals surface area contributed by atoms with Gasteiger partial charge in [-0.05, 0) is 24.3 Å². The number of hydrogen-bond donors (Lipinski definition) is 2. The van der Waals surface area contributed by atoms with Gasteiger partial charge < -0.3 is 20.4 Å². The number of pyridine rings is 1. The second-order valence-corrected chi connectivity index (χ2v) is 6.91. The van der Waals surface area contributed by atoms with Gasteiger partial charge in [-0.1, -0.05) is 18.2 Å². The fourth-order valence-electron chi connectivity index (χ4n) is 3.36. The summed E-state index contributed by atoms with van der Waals surface area (Å²) in [5.41, 5.74) is 8.82. The van der Waals surface area contributed by atoms with Crippen LogP contribution in [0.25, 0.3) is 34.3 Å². The molecule has 0 radical (unpaired) electrons. The molecule has 5 rings (SSSR count). The van der Waals surface area contributed by atoms with Crippen molar-refractivity contribution >= 4 is 11.6 Å². The van der Waals surface area contributed by atoms with Crippen LogP contribution >= 0.6 is 0 Å². The second kappa shape index (κ2) is 7.88. The predicted octanol–water partition coefficient (Wildman–Crippen LogP) is 2.99. The van der Waals surface area contributed by atoms with Gasteiger partial charge in [0, 0.05) is 47.8 Å². The number of nitrogens with two attached hydrogens (primary N) is 1. The van der Waals surface area contributed by atoms with Gasteiger partial charge in [-0.15, -0.1) is 10.2 Å². The molecule has 0 saturated carbocycles. The van der Waals surface area contributed by atoms with Crippen LogP contribution in [0.4, 0.5) is 11.6 Å². The van der Waals surface area contributed by atoms with Crippen molar-refractivity contribution in [2.75, 3.05) is 36.8 Å². The third kappa shape index (κ3) is 3.58. The van der Waals surface area contributed by atoms with Crippen LogP contribution in [-0.2, 0) is 0 Å². The minimum absolute atomic E-state index is 0. The first kappa shape index (κ1) is 18.2. The normalized spacial score (nSPS) is 14.1. The van der Waals surface area contributed by atoms with E-state index in [2.05, 4.69) is 35.4 Å². The largest absolute Gasteiger partial charge is 0.414 e. The zero-order valence-corrected chi connectivity index (χ0v) is 16.2. The average Bonchev–Trinajstić information content (AvgIpc) is 3.31. The van der Waals surface area contributed by atoms with Crippen molar-refractivity contribution in [1.82, 2.24) is 30.5 Å². The van der Waals surface area contributed by atoms with Gasteiger partial charge in [0.25, 0.3) is 5.89 Å². The first-order valence-corrected chi connectivity index (χ1v) is 9.72. The molecule has 0 atom stereocenters. The molecule has 1 aliphatic heterocycles. The molecule has 1 saturated heterocycles. The Balaban J connectivity index is 0.00000128. The Morgan fingerprint density at radius 3 is 2.60 bits per heavy atom. The van der Waals surface area contributed by atoms with Gasteiger partial charge in [0.05, 0.1) is 11.9 Å². The quantitative estimate of drug-likeness (QED) is 0.527. The van der Waals surface area contributed by atoms with Crippen LogP contribution in [0.5, 0.6) is 0 Å². The van der Waals surface area contributed by atoms with Crippen molar-refractivity contribution < 1.29 is 8.70 Å². The Labute approximate surface area is 177 Å². The molecule has 3 aromatic heterocycles. The molecule has 4 aromatic rings. The van der Waals surface area contributed by atoms with Crippen LogP contribution in [0.15, 0.2) is 59.3 Å². The molecule has 0 bridgehead atoms. The molecule has 30 heavy (non-hydrogen) atoms. The fourth-order valence-corrected chi connectivity index (χ4v) is 3.36. The number of nitrogen functional groups attached to an aromatic ring is 1. The summed E-state index contributed by atoms with van der Waals surface area (Å²) in [6.45, 7) is 3.72. The molecule has 0 amide bonds. The number of nitrogens with one attached hydrogen (secondary N) is 1. The van der Waals surface area contributed by atoms with Crippen LogP contribution in [-0.4, -0.2) is 51.3 Å². The first-order chi connectivity index (χ1) is 14.8. The lowest BCUT2D eigenvalue weighted by Crippen LogP contribution is -2.43. The SMILES string of the molecule is Nc1ncc(-c2ccnc(N3CCNCC3)c2)nc1-c1nnc(-c2ccccc2)o1.[HH].[HH].[HH]. The van der Waals surface area contributed by atoms with E-state index in [-0.39, 0.29) is 16.0 Å². The molecule has 4 heterocycles. The van der Waals surface area contributed by atoms with E-state index in [1.807, 2.05) is 42.5 Å². The Hall–Kier alpha value is -3.85. The molecule has 9 nitrogen and oxygen atoms in total. The fraction of sp³-hybridized carbons (Fsp3) is 0.190. The highest BCUT2D eigenvalue weighted by molar-refractivity contribution is 5.70. The number of piperazine rings is 1. The maximum Gasteiger partial charge on any atom is 0.270 e. The van der Waals surface area contributed by atoms with Gasteiger partial charge in [0.1, 0.15) is 5.82 Å². The van der Waals surface area contributed by atoms with Gasteiger partial charge >= 0.3 is 0 Å². The van der Waals surface area contributed by atoms with Gasteiger partial charge in [0.2, 0.25) is 5.89 Å². The predicted molar refractivity (Wildman–Crippen MR) is 120 cm³/mol. The van der Waals surface area contributed by atoms with Gasteiger partial charge in [0.15, 0.2) is 11.5 Å². The van der Waals surface area contributed by atoms with Gasteiger partial charge in [-0.2, -0.15) is 0 Å². The van der Waals surface area contributed by atoms with Crippen LogP contribution in [0.3, 0.4) is 0 Å². The lowest BCUT2D eigenvalue weighted by molar-refractivity contribution is 0.582. The third-order valence-corrected chi connectivity index (χ3v) is 4.93. The number of nitrogens with zero attached hydrogens (tertiary/aromatic N) is 6. The zero-order chi connectivity index (χ0) is 20.3. The molecule has 0 aliphatic carbocycles. The summed E-state index contributed by atoms with van der Waals surface area (Å²) in [7, 11) is 0. The van der Waals surface area contributed by atoms with Crippen LogP contribution in [0.2, 0.25) is 0 Å². The Morgan fingerprint density at radius 1 is 0.967 bits per heavy atom. The standard InChI is InChI=1S/C21H20N8O.3H2/c22-19-18(21-28-27-20(30-21)14-4-2-1-3-5-14)26-16(13-25-19)15-6-7-24-17(12-15)29-10-8-23-9-11-29;;;/h1-7,12-13,23H,8-11H2,(H2,22,25);3*1H. The lowest BCUT2D eigenvalue weighted by atomic mass is 10.2. The molecule has 1 aromatic carbocycles. The van der Waals surface area contributed by atoms with E-state index >= 15 is 0 Å². The topological polar surface area (TPSA) is 119 Å². The van der Waals surface area contributed by atoms with Crippen molar-refractivity contribution in [3.8, 4) is 34.3 Å². The monoisotopic (exact) mass is 406 g/mol. The summed E-state index contributed by atoms with van der Waals surface area (Å²) in [5, 5.41) is 11.6. The summed E-state index contributed by atoms with van der Waals surface area (Å²) >= 11 is 0. The van der Waals surface area contributed by atoms with Crippen molar-refractivity contribution in [2.45, 2.75) is 0 Å². The summed E-state index contributed by atoms with van der Waals surface area (Å²) in [6, 6.07) is 13.5. The smallest absolute Gasteiger partial charge is 0.270 e. The average molecular weight is 406 g/mol. The highest BCUT2D eigenvalue weighted by Crippen LogP contribution is 2.28. The first-order valence-electron chi connectivity index (χ1n) is 9.72. The molecule has 3 N–H and O–H groups in total. The number of hydrogen-bond acceptors (Lipinski definition) is 9. The minimum atomic E-state index is 0. The molecule has 9 heteroatoms. The summed E-state index contributed by atoms with van der Waals surface area (Å²) in [5.74, 6) is 1.79. The number of aromatic nitrogens is 5. The third-order valence-electron chi connectivity index (χ3n) is 4.93. The number of rotatable bonds is 4. The number of anilines is 2. The summed E-state index contributed by atoms with van der Waals surface area (Å²) in [6.07, 6.45) is 3.43. The molecule has 0 spiro atoms. The van der Waals surface area contributed by atoms with Crippen molar-refractivity contribution in [3.05, 3.63) is 54.9 Å². The summed E-state index contributed by atoms with van der Waals surface area (Å²) in [4.78, 5) is 15.7. The van der Waals surface area contributed by atoms with Crippen LogP contribution in [0.1, 0.15) is 4.28 Å². The zero-order valence-electron chi connectivity index (χ0n) is 16.2. The van der Waals surface area contributed by atoms with Crippen LogP contribution < -0.4 is 16.0 Å². The molecular formula is C21H26N8O. The van der Waals surface area contributed by atoms with E-state index in [0.717, 1.165) is 43.1 Å². The molecule has 156 valence electrons. The van der Waals surface area contributed by atoms with E-state index < -0.39 is 0 Å². The molecule has 1 fully saturated rings. The lowest BCUT2D eigenvalue weighted by Gasteiger charge is -2.28. The van der Waals surface area contributed by atoms with E-state index in [1.165, 1.54) is 0 Å². The number of benzene rings is 1. The summed E-state index contributed by atoms with van der Waals surface area (Å²) < 4.78 is 5.81. The Bertz CT molecular complexity index is 1170. The van der Waals surface area contributed by atoms with Gasteiger partial charge in [-0.3, -0.25) is 0 Å². The molecule has 0 unspecified atom stereocenters. The van der Waals surface area contributed by atoms with E-state index in [9.17, 15) is 0 Å². The Morgan fingerprint density at radius 2 is 1.77 bits per heavy atom. The van der Waals surface area contributed by atoms with Crippen molar-refractivity contribution in [3.63, 3.8) is 0 Å². The molecular weight excluding hydrogens is 380 g/mol. The van der Waals surface area contributed by atoms with Gasteiger partial charge in [-0.25, -0.2) is 15.0 Å².